The Hall–Kier alpha value is -0.970. The maximum absolute atomic E-state index is 12.1. The van der Waals surface area contributed by atoms with Gasteiger partial charge >= 0.3 is 0 Å². The molecule has 1 heterocycles. The van der Waals surface area contributed by atoms with Gasteiger partial charge in [0.25, 0.3) is 10.1 Å². The molecule has 134 valence electrons. The monoisotopic (exact) mass is 369 g/mol. The maximum atomic E-state index is 12.1. The number of likely N-dealkylation sites (N-methyl/N-ethyl adjacent to an activating group) is 1. The minimum absolute atomic E-state index is 0.106. The van der Waals surface area contributed by atoms with Crippen molar-refractivity contribution < 1.29 is 30.7 Å². The van der Waals surface area contributed by atoms with Crippen molar-refractivity contribution in [1.29, 1.82) is 0 Å². The molecule has 0 radical (unpaired) electrons. The minimum atomic E-state index is -4.59. The van der Waals surface area contributed by atoms with Gasteiger partial charge in [0.05, 0.1) is 50.7 Å². The first-order valence-corrected chi connectivity index (χ1v) is 10.4. The van der Waals surface area contributed by atoms with Crippen molar-refractivity contribution in [2.75, 3.05) is 38.7 Å². The van der Waals surface area contributed by atoms with Gasteiger partial charge in [-0.15, -0.1) is 0 Å². The molecule has 8 nitrogen and oxygen atoms in total. The van der Waals surface area contributed by atoms with Gasteiger partial charge in [-0.25, -0.2) is 8.42 Å². The Morgan fingerprint density at radius 1 is 1.48 bits per heavy atom. The van der Waals surface area contributed by atoms with Gasteiger partial charge in [0.1, 0.15) is 5.25 Å². The van der Waals surface area contributed by atoms with E-state index in [-0.39, 0.29) is 6.42 Å². The van der Waals surface area contributed by atoms with Gasteiger partial charge in [-0.2, -0.15) is 8.42 Å². The van der Waals surface area contributed by atoms with Crippen LogP contribution in [0.25, 0.3) is 0 Å². The molecule has 0 bridgehead atoms. The molecule has 0 aromatic heterocycles. The van der Waals surface area contributed by atoms with Crippen LogP contribution in [0.5, 0.6) is 0 Å². The van der Waals surface area contributed by atoms with Crippen LogP contribution in [0.2, 0.25) is 0 Å². The SMILES string of the molecule is C=CC[N+](C)(C)CCC(=O)N[C@@]1(C)CS(=O)(=O)C[C@H]1S(=O)(=O)O. The Balaban J connectivity index is 2.84. The highest BCUT2D eigenvalue weighted by atomic mass is 32.2. The van der Waals surface area contributed by atoms with E-state index in [9.17, 15) is 26.2 Å². The standard InChI is InChI=1S/C13H24N2O6S2/c1-5-7-15(3,4)8-6-12(16)14-13(2)10-22(17,18)9-11(13)23(19,20)21/h5,11H,1,6-10H2,2-4H3,(H-,14,16,19,20,21)/p+1/t11-,13+/m1/s1. The van der Waals surface area contributed by atoms with Gasteiger partial charge in [0.2, 0.25) is 5.91 Å². The molecule has 0 unspecified atom stereocenters. The van der Waals surface area contributed by atoms with E-state index in [0.717, 1.165) is 0 Å². The number of hydrogen-bond donors (Lipinski definition) is 2. The van der Waals surface area contributed by atoms with Crippen LogP contribution in [0.1, 0.15) is 13.3 Å². The summed E-state index contributed by atoms with van der Waals surface area (Å²) in [6.07, 6.45) is 1.84. The summed E-state index contributed by atoms with van der Waals surface area (Å²) in [5, 5.41) is 0.933. The van der Waals surface area contributed by atoms with Crippen molar-refractivity contribution in [3.05, 3.63) is 12.7 Å². The zero-order valence-electron chi connectivity index (χ0n) is 13.6. The average Bonchev–Trinajstić information content (AvgIpc) is 2.56. The van der Waals surface area contributed by atoms with E-state index in [4.69, 9.17) is 0 Å². The number of nitrogens with zero attached hydrogens (tertiary/aromatic N) is 1. The van der Waals surface area contributed by atoms with Crippen molar-refractivity contribution in [2.45, 2.75) is 24.1 Å². The Morgan fingerprint density at radius 3 is 2.52 bits per heavy atom. The first-order valence-electron chi connectivity index (χ1n) is 7.11. The van der Waals surface area contributed by atoms with Gasteiger partial charge in [-0.3, -0.25) is 9.35 Å². The van der Waals surface area contributed by atoms with Crippen LogP contribution in [0.4, 0.5) is 0 Å². The fourth-order valence-electron chi connectivity index (χ4n) is 2.78. The molecule has 0 saturated carbocycles. The normalized spacial score (nSPS) is 27.6. The summed E-state index contributed by atoms with van der Waals surface area (Å²) in [4.78, 5) is 12.1. The third-order valence-corrected chi connectivity index (χ3v) is 7.49. The molecule has 2 N–H and O–H groups in total. The third kappa shape index (κ3) is 5.55. The first-order chi connectivity index (χ1) is 10.2. The second-order valence-corrected chi connectivity index (χ2v) is 10.6. The molecule has 1 aliphatic heterocycles. The highest BCUT2D eigenvalue weighted by Gasteiger charge is 2.54. The van der Waals surface area contributed by atoms with E-state index in [2.05, 4.69) is 11.9 Å². The number of hydrogen-bond acceptors (Lipinski definition) is 5. The summed E-state index contributed by atoms with van der Waals surface area (Å²) in [7, 11) is -4.42. The van der Waals surface area contributed by atoms with E-state index in [0.29, 0.717) is 17.6 Å². The molecule has 0 aliphatic carbocycles. The van der Waals surface area contributed by atoms with Crippen molar-refractivity contribution in [1.82, 2.24) is 5.32 Å². The molecule has 0 aromatic rings. The van der Waals surface area contributed by atoms with Gasteiger partial charge < -0.3 is 9.80 Å². The fourth-order valence-corrected chi connectivity index (χ4v) is 7.13. The van der Waals surface area contributed by atoms with E-state index >= 15 is 0 Å². The number of rotatable bonds is 7. The van der Waals surface area contributed by atoms with Crippen LogP contribution >= 0.6 is 0 Å². The number of sulfone groups is 1. The molecular formula is C13H25N2O6S2+. The van der Waals surface area contributed by atoms with Gasteiger partial charge in [-0.1, -0.05) is 6.58 Å². The lowest BCUT2D eigenvalue weighted by atomic mass is 10.0. The second-order valence-electron chi connectivity index (χ2n) is 6.90. The summed E-state index contributed by atoms with van der Waals surface area (Å²) >= 11 is 0. The molecule has 23 heavy (non-hydrogen) atoms. The van der Waals surface area contributed by atoms with Gasteiger partial charge in [0, 0.05) is 0 Å². The zero-order chi connectivity index (χ0) is 18.1. The van der Waals surface area contributed by atoms with E-state index in [1.54, 1.807) is 6.08 Å². The number of quaternary nitrogens is 1. The molecule has 10 heteroatoms. The smallest absolute Gasteiger partial charge is 0.271 e. The molecule has 1 saturated heterocycles. The third-order valence-electron chi connectivity index (χ3n) is 3.99. The molecule has 0 aromatic carbocycles. The van der Waals surface area contributed by atoms with Crippen LogP contribution < -0.4 is 5.32 Å². The van der Waals surface area contributed by atoms with Crippen LogP contribution in [-0.2, 0) is 24.7 Å². The first kappa shape index (κ1) is 20.1. The predicted octanol–water partition coefficient (Wildman–Crippen LogP) is -0.801. The number of carbonyl (C=O) groups is 1. The quantitative estimate of drug-likeness (QED) is 0.345. The number of carbonyl (C=O) groups excluding carboxylic acids is 1. The zero-order valence-corrected chi connectivity index (χ0v) is 15.3. The average molecular weight is 369 g/mol. The molecule has 0 spiro atoms. The van der Waals surface area contributed by atoms with Crippen LogP contribution in [0, 0.1) is 0 Å². The van der Waals surface area contributed by atoms with Crippen molar-refractivity contribution in [2.24, 2.45) is 0 Å². The van der Waals surface area contributed by atoms with Gasteiger partial charge in [-0.05, 0) is 13.0 Å². The molecule has 2 atom stereocenters. The van der Waals surface area contributed by atoms with Crippen molar-refractivity contribution in [3.63, 3.8) is 0 Å². The summed E-state index contributed by atoms with van der Waals surface area (Å²) in [5.41, 5.74) is -1.53. The van der Waals surface area contributed by atoms with Crippen LogP contribution in [0.3, 0.4) is 0 Å². The number of nitrogens with one attached hydrogen (secondary N) is 1. The Bertz CT molecular complexity index is 683. The Labute approximate surface area is 137 Å². The topological polar surface area (TPSA) is 118 Å². The second kappa shape index (κ2) is 6.50. The largest absolute Gasteiger partial charge is 0.348 e. The Kier molecular flexibility index (Phi) is 5.67. The summed E-state index contributed by atoms with van der Waals surface area (Å²) in [6, 6.07) is 0. The van der Waals surface area contributed by atoms with Crippen molar-refractivity contribution >= 4 is 25.9 Å². The van der Waals surface area contributed by atoms with Gasteiger partial charge in [0.15, 0.2) is 9.84 Å². The lowest BCUT2D eigenvalue weighted by Crippen LogP contribution is -2.57. The molecule has 1 fully saturated rings. The maximum Gasteiger partial charge on any atom is 0.271 e. The molecular weight excluding hydrogens is 344 g/mol. The summed E-state index contributed by atoms with van der Waals surface area (Å²) < 4.78 is 56.2. The highest BCUT2D eigenvalue weighted by molar-refractivity contribution is 7.94. The number of amides is 1. The lowest BCUT2D eigenvalue weighted by Gasteiger charge is -2.31. The predicted molar refractivity (Wildman–Crippen MR) is 87.2 cm³/mol. The van der Waals surface area contributed by atoms with E-state index < -0.39 is 48.2 Å². The minimum Gasteiger partial charge on any atom is -0.348 e. The Morgan fingerprint density at radius 2 is 2.04 bits per heavy atom. The molecule has 1 amide bonds. The summed E-state index contributed by atoms with van der Waals surface area (Å²) in [5.74, 6) is -1.66. The summed E-state index contributed by atoms with van der Waals surface area (Å²) in [6.45, 7) is 6.12. The molecule has 1 aliphatic rings. The lowest BCUT2D eigenvalue weighted by molar-refractivity contribution is -0.883. The van der Waals surface area contributed by atoms with Crippen molar-refractivity contribution in [3.8, 4) is 0 Å². The molecule has 1 rings (SSSR count). The van der Waals surface area contributed by atoms with Crippen LogP contribution in [0.15, 0.2) is 12.7 Å². The highest BCUT2D eigenvalue weighted by Crippen LogP contribution is 2.29. The van der Waals surface area contributed by atoms with E-state index in [1.165, 1.54) is 6.92 Å². The van der Waals surface area contributed by atoms with E-state index in [1.807, 2.05) is 14.1 Å². The van der Waals surface area contributed by atoms with Crippen LogP contribution in [-0.4, -0.2) is 81.3 Å². The fraction of sp³-hybridized carbons (Fsp3) is 0.769.